The molecule has 0 spiro atoms. The van der Waals surface area contributed by atoms with Crippen molar-refractivity contribution in [3.8, 4) is 0 Å². The highest BCUT2D eigenvalue weighted by Gasteiger charge is 2.29. The van der Waals surface area contributed by atoms with Crippen molar-refractivity contribution in [3.05, 3.63) is 30.1 Å². The Morgan fingerprint density at radius 1 is 1.25 bits per heavy atom. The van der Waals surface area contributed by atoms with Crippen molar-refractivity contribution in [2.24, 2.45) is 0 Å². The summed E-state index contributed by atoms with van der Waals surface area (Å²) in [4.78, 5) is 6.90. The SMILES string of the molecule is c1ccc(CO[C@@H]2CCN(C3CCCOCC3)C2)nc1. The van der Waals surface area contributed by atoms with Crippen molar-refractivity contribution in [1.29, 1.82) is 0 Å². The second kappa shape index (κ2) is 7.16. The molecule has 20 heavy (non-hydrogen) atoms. The minimum Gasteiger partial charge on any atom is -0.381 e. The lowest BCUT2D eigenvalue weighted by molar-refractivity contribution is 0.0401. The zero-order valence-electron chi connectivity index (χ0n) is 12.0. The standard InChI is InChI=1S/C16H24N2O2/c1-2-8-17-14(4-1)13-20-16-6-9-18(12-16)15-5-3-10-19-11-7-15/h1-2,4,8,15-16H,3,5-7,9-13H2/t15?,16-/m1/s1. The fourth-order valence-corrected chi connectivity index (χ4v) is 3.16. The predicted octanol–water partition coefficient (Wildman–Crippen LogP) is 2.24. The van der Waals surface area contributed by atoms with Crippen LogP contribution in [0.2, 0.25) is 0 Å². The lowest BCUT2D eigenvalue weighted by Gasteiger charge is -2.26. The summed E-state index contributed by atoms with van der Waals surface area (Å²) in [6.07, 6.45) is 6.97. The van der Waals surface area contributed by atoms with Gasteiger partial charge < -0.3 is 9.47 Å². The van der Waals surface area contributed by atoms with E-state index >= 15 is 0 Å². The molecule has 0 N–H and O–H groups in total. The number of nitrogens with zero attached hydrogens (tertiary/aromatic N) is 2. The highest BCUT2D eigenvalue weighted by atomic mass is 16.5. The Labute approximate surface area is 121 Å². The summed E-state index contributed by atoms with van der Waals surface area (Å²) < 4.78 is 11.6. The van der Waals surface area contributed by atoms with E-state index in [0.717, 1.165) is 38.4 Å². The van der Waals surface area contributed by atoms with Crippen LogP contribution in [0.4, 0.5) is 0 Å². The number of ether oxygens (including phenoxy) is 2. The third-order valence-electron chi connectivity index (χ3n) is 4.31. The van der Waals surface area contributed by atoms with E-state index in [-0.39, 0.29) is 0 Å². The van der Waals surface area contributed by atoms with Gasteiger partial charge in [0, 0.05) is 38.5 Å². The van der Waals surface area contributed by atoms with Gasteiger partial charge in [0.05, 0.1) is 18.4 Å². The van der Waals surface area contributed by atoms with Crippen LogP contribution < -0.4 is 0 Å². The molecule has 110 valence electrons. The Hall–Kier alpha value is -0.970. The maximum Gasteiger partial charge on any atom is 0.0892 e. The Balaban J connectivity index is 1.44. The number of aromatic nitrogens is 1. The number of pyridine rings is 1. The first-order valence-corrected chi connectivity index (χ1v) is 7.75. The molecule has 1 unspecified atom stereocenters. The minimum atomic E-state index is 0.362. The Morgan fingerprint density at radius 2 is 2.25 bits per heavy atom. The number of rotatable bonds is 4. The molecule has 2 saturated heterocycles. The molecular weight excluding hydrogens is 252 g/mol. The van der Waals surface area contributed by atoms with Gasteiger partial charge in [-0.2, -0.15) is 0 Å². The average Bonchev–Trinajstić information content (AvgIpc) is 2.80. The van der Waals surface area contributed by atoms with E-state index < -0.39 is 0 Å². The molecular formula is C16H24N2O2. The maximum atomic E-state index is 6.01. The second-order valence-electron chi connectivity index (χ2n) is 5.73. The van der Waals surface area contributed by atoms with Crippen molar-refractivity contribution in [2.75, 3.05) is 26.3 Å². The van der Waals surface area contributed by atoms with Crippen molar-refractivity contribution < 1.29 is 9.47 Å². The molecule has 4 nitrogen and oxygen atoms in total. The summed E-state index contributed by atoms with van der Waals surface area (Å²) in [6, 6.07) is 6.67. The summed E-state index contributed by atoms with van der Waals surface area (Å²) in [6.45, 7) is 4.72. The molecule has 2 fully saturated rings. The molecule has 1 aromatic heterocycles. The first-order valence-electron chi connectivity index (χ1n) is 7.75. The number of likely N-dealkylation sites (tertiary alicyclic amines) is 1. The van der Waals surface area contributed by atoms with E-state index in [0.29, 0.717) is 18.8 Å². The van der Waals surface area contributed by atoms with Crippen molar-refractivity contribution >= 4 is 0 Å². The van der Waals surface area contributed by atoms with Gasteiger partial charge in [-0.3, -0.25) is 9.88 Å². The molecule has 3 rings (SSSR count). The average molecular weight is 276 g/mol. The second-order valence-corrected chi connectivity index (χ2v) is 5.73. The molecule has 1 aromatic rings. The highest BCUT2D eigenvalue weighted by molar-refractivity contribution is 5.02. The Morgan fingerprint density at radius 3 is 3.15 bits per heavy atom. The lowest BCUT2D eigenvalue weighted by Crippen LogP contribution is -2.34. The van der Waals surface area contributed by atoms with Gasteiger partial charge in [0.1, 0.15) is 0 Å². The topological polar surface area (TPSA) is 34.6 Å². The maximum absolute atomic E-state index is 6.01. The van der Waals surface area contributed by atoms with Gasteiger partial charge in [0.15, 0.2) is 0 Å². The monoisotopic (exact) mass is 276 g/mol. The fourth-order valence-electron chi connectivity index (χ4n) is 3.16. The van der Waals surface area contributed by atoms with Crippen molar-refractivity contribution in [3.63, 3.8) is 0 Å². The van der Waals surface area contributed by atoms with Crippen molar-refractivity contribution in [1.82, 2.24) is 9.88 Å². The van der Waals surface area contributed by atoms with Crippen LogP contribution in [0.1, 0.15) is 31.4 Å². The normalized spacial score (nSPS) is 28.4. The number of hydrogen-bond acceptors (Lipinski definition) is 4. The van der Waals surface area contributed by atoms with E-state index in [1.165, 1.54) is 19.3 Å². The molecule has 0 aliphatic carbocycles. The van der Waals surface area contributed by atoms with Crippen LogP contribution in [0.3, 0.4) is 0 Å². The van der Waals surface area contributed by atoms with Crippen LogP contribution in [0, 0.1) is 0 Å². The van der Waals surface area contributed by atoms with Crippen LogP contribution in [-0.2, 0) is 16.1 Å². The van der Waals surface area contributed by atoms with Crippen LogP contribution in [-0.4, -0.2) is 48.3 Å². The van der Waals surface area contributed by atoms with E-state index in [4.69, 9.17) is 9.47 Å². The molecule has 2 atom stereocenters. The molecule has 4 heteroatoms. The summed E-state index contributed by atoms with van der Waals surface area (Å²) in [5.74, 6) is 0. The van der Waals surface area contributed by atoms with Crippen LogP contribution in [0.5, 0.6) is 0 Å². The molecule has 2 aliphatic rings. The van der Waals surface area contributed by atoms with E-state index in [9.17, 15) is 0 Å². The van der Waals surface area contributed by atoms with Gasteiger partial charge in [-0.1, -0.05) is 6.07 Å². The summed E-state index contributed by atoms with van der Waals surface area (Å²) in [5.41, 5.74) is 1.02. The van der Waals surface area contributed by atoms with E-state index in [1.807, 2.05) is 24.4 Å². The van der Waals surface area contributed by atoms with Crippen LogP contribution >= 0.6 is 0 Å². The van der Waals surface area contributed by atoms with Crippen LogP contribution in [0.25, 0.3) is 0 Å². The molecule has 0 radical (unpaired) electrons. The van der Waals surface area contributed by atoms with E-state index in [2.05, 4.69) is 9.88 Å². The zero-order chi connectivity index (χ0) is 13.6. The van der Waals surface area contributed by atoms with Gasteiger partial charge in [0.2, 0.25) is 0 Å². The van der Waals surface area contributed by atoms with E-state index in [1.54, 1.807) is 0 Å². The Kier molecular flexibility index (Phi) is 5.01. The zero-order valence-corrected chi connectivity index (χ0v) is 12.0. The third-order valence-corrected chi connectivity index (χ3v) is 4.31. The molecule has 0 bridgehead atoms. The largest absolute Gasteiger partial charge is 0.381 e. The van der Waals surface area contributed by atoms with Crippen molar-refractivity contribution in [2.45, 2.75) is 44.4 Å². The quantitative estimate of drug-likeness (QED) is 0.845. The summed E-state index contributed by atoms with van der Waals surface area (Å²) >= 11 is 0. The Bertz CT molecular complexity index is 391. The highest BCUT2D eigenvalue weighted by Crippen LogP contribution is 2.22. The lowest BCUT2D eigenvalue weighted by atomic mass is 10.1. The molecule has 0 amide bonds. The van der Waals surface area contributed by atoms with Gasteiger partial charge in [-0.25, -0.2) is 0 Å². The molecule has 3 heterocycles. The third kappa shape index (κ3) is 3.78. The van der Waals surface area contributed by atoms with Gasteiger partial charge in [-0.15, -0.1) is 0 Å². The molecule has 0 saturated carbocycles. The number of hydrogen-bond donors (Lipinski definition) is 0. The van der Waals surface area contributed by atoms with Gasteiger partial charge in [-0.05, 0) is 37.8 Å². The van der Waals surface area contributed by atoms with Crippen LogP contribution in [0.15, 0.2) is 24.4 Å². The van der Waals surface area contributed by atoms with Gasteiger partial charge in [0.25, 0.3) is 0 Å². The molecule has 0 aromatic carbocycles. The molecule has 2 aliphatic heterocycles. The van der Waals surface area contributed by atoms with Gasteiger partial charge >= 0.3 is 0 Å². The first-order chi connectivity index (χ1) is 9.92. The summed E-state index contributed by atoms with van der Waals surface area (Å²) in [5, 5.41) is 0. The smallest absolute Gasteiger partial charge is 0.0892 e. The fraction of sp³-hybridized carbons (Fsp3) is 0.688. The first kappa shape index (κ1) is 14.0. The predicted molar refractivity (Wildman–Crippen MR) is 77.5 cm³/mol. The summed E-state index contributed by atoms with van der Waals surface area (Å²) in [7, 11) is 0. The minimum absolute atomic E-state index is 0.362.